The van der Waals surface area contributed by atoms with Crippen molar-refractivity contribution in [2.24, 2.45) is 10.8 Å². The molecule has 0 aromatic carbocycles. The first-order valence-corrected chi connectivity index (χ1v) is 8.81. The van der Waals surface area contributed by atoms with Crippen LogP contribution in [-0.4, -0.2) is 9.97 Å². The van der Waals surface area contributed by atoms with Crippen LogP contribution in [-0.2, 0) is 0 Å². The smallest absolute Gasteiger partial charge is 0.158 e. The average Bonchev–Trinajstić information content (AvgIpc) is 2.44. The standard InChI is InChI=1S/C20H31N3/c1-6-16-18(21)22-13-17(23-16)15-10-8-7-9-11-19(2,3)14-20(4,5)12-15/h1,13,15H,7-12,14H2,2-5H3,(H2,21,22). The van der Waals surface area contributed by atoms with Crippen molar-refractivity contribution in [3.05, 3.63) is 17.6 Å². The summed E-state index contributed by atoms with van der Waals surface area (Å²) < 4.78 is 0. The van der Waals surface area contributed by atoms with Crippen LogP contribution in [0.15, 0.2) is 6.20 Å². The van der Waals surface area contributed by atoms with Crippen molar-refractivity contribution in [1.82, 2.24) is 9.97 Å². The molecule has 1 unspecified atom stereocenters. The second kappa shape index (κ2) is 6.91. The highest BCUT2D eigenvalue weighted by Gasteiger charge is 2.32. The molecule has 0 bridgehead atoms. The van der Waals surface area contributed by atoms with Crippen LogP contribution in [0.2, 0.25) is 0 Å². The first kappa shape index (κ1) is 17.8. The molecule has 1 fully saturated rings. The van der Waals surface area contributed by atoms with E-state index in [0.29, 0.717) is 22.8 Å². The predicted molar refractivity (Wildman–Crippen MR) is 97.0 cm³/mol. The van der Waals surface area contributed by atoms with Crippen LogP contribution in [0, 0.1) is 23.2 Å². The lowest BCUT2D eigenvalue weighted by Gasteiger charge is -2.38. The summed E-state index contributed by atoms with van der Waals surface area (Å²) in [5.41, 5.74) is 7.99. The zero-order chi connectivity index (χ0) is 17.1. The van der Waals surface area contributed by atoms with E-state index in [0.717, 1.165) is 18.5 Å². The molecule has 0 radical (unpaired) electrons. The Bertz CT molecular complexity index is 581. The van der Waals surface area contributed by atoms with Gasteiger partial charge < -0.3 is 5.73 Å². The van der Waals surface area contributed by atoms with Gasteiger partial charge in [-0.2, -0.15) is 0 Å². The molecule has 1 atom stereocenters. The summed E-state index contributed by atoms with van der Waals surface area (Å²) in [7, 11) is 0. The fraction of sp³-hybridized carbons (Fsp3) is 0.700. The van der Waals surface area contributed by atoms with Crippen molar-refractivity contribution >= 4 is 5.82 Å². The van der Waals surface area contributed by atoms with E-state index in [-0.39, 0.29) is 5.41 Å². The number of nitrogen functional groups attached to an aromatic ring is 1. The van der Waals surface area contributed by atoms with Crippen molar-refractivity contribution < 1.29 is 0 Å². The lowest BCUT2D eigenvalue weighted by atomic mass is 9.67. The van der Waals surface area contributed by atoms with Crippen LogP contribution in [0.4, 0.5) is 5.82 Å². The average molecular weight is 313 g/mol. The molecule has 1 aliphatic carbocycles. The summed E-state index contributed by atoms with van der Waals surface area (Å²) in [4.78, 5) is 8.89. The number of hydrogen-bond donors (Lipinski definition) is 1. The monoisotopic (exact) mass is 313 g/mol. The van der Waals surface area contributed by atoms with E-state index in [1.807, 2.05) is 6.20 Å². The van der Waals surface area contributed by atoms with Gasteiger partial charge in [0.15, 0.2) is 11.5 Å². The highest BCUT2D eigenvalue weighted by molar-refractivity contribution is 5.45. The molecule has 3 heteroatoms. The van der Waals surface area contributed by atoms with Gasteiger partial charge in [0.1, 0.15) is 0 Å². The molecule has 1 aromatic rings. The molecule has 0 aliphatic heterocycles. The summed E-state index contributed by atoms with van der Waals surface area (Å²) in [5, 5.41) is 0. The second-order valence-corrected chi connectivity index (χ2v) is 8.68. The Labute approximate surface area is 141 Å². The Balaban J connectivity index is 2.27. The normalized spacial score (nSPS) is 24.6. The minimum absolute atomic E-state index is 0.283. The van der Waals surface area contributed by atoms with Crippen molar-refractivity contribution in [1.29, 1.82) is 0 Å². The van der Waals surface area contributed by atoms with Crippen LogP contribution in [0.1, 0.15) is 89.9 Å². The fourth-order valence-electron chi connectivity index (χ4n) is 4.36. The van der Waals surface area contributed by atoms with Gasteiger partial charge in [-0.25, -0.2) is 9.97 Å². The van der Waals surface area contributed by atoms with Gasteiger partial charge >= 0.3 is 0 Å². The van der Waals surface area contributed by atoms with Crippen LogP contribution < -0.4 is 5.73 Å². The Hall–Kier alpha value is -1.56. The van der Waals surface area contributed by atoms with Crippen molar-refractivity contribution in [2.75, 3.05) is 5.73 Å². The van der Waals surface area contributed by atoms with Gasteiger partial charge in [-0.3, -0.25) is 0 Å². The predicted octanol–water partition coefficient (Wildman–Crippen LogP) is 4.92. The lowest BCUT2D eigenvalue weighted by molar-refractivity contribution is 0.149. The van der Waals surface area contributed by atoms with E-state index in [1.54, 1.807) is 0 Å². The van der Waals surface area contributed by atoms with E-state index in [9.17, 15) is 0 Å². The molecule has 2 N–H and O–H groups in total. The largest absolute Gasteiger partial charge is 0.381 e. The fourth-order valence-corrected chi connectivity index (χ4v) is 4.36. The molecule has 1 aliphatic rings. The summed E-state index contributed by atoms with van der Waals surface area (Å²) in [6, 6.07) is 0. The van der Waals surface area contributed by atoms with E-state index in [4.69, 9.17) is 12.2 Å². The molecule has 126 valence electrons. The Morgan fingerprint density at radius 3 is 2.61 bits per heavy atom. The van der Waals surface area contributed by atoms with Crippen LogP contribution in [0.3, 0.4) is 0 Å². The first-order valence-electron chi connectivity index (χ1n) is 8.81. The number of nitrogens with zero attached hydrogens (tertiary/aromatic N) is 2. The quantitative estimate of drug-likeness (QED) is 0.749. The highest BCUT2D eigenvalue weighted by Crippen LogP contribution is 2.45. The molecule has 2 rings (SSSR count). The maximum Gasteiger partial charge on any atom is 0.158 e. The van der Waals surface area contributed by atoms with Gasteiger partial charge in [-0.05, 0) is 42.4 Å². The SMILES string of the molecule is C#Cc1nc(C2CCCCCC(C)(C)CC(C)(C)C2)cnc1N. The molecule has 23 heavy (non-hydrogen) atoms. The van der Waals surface area contributed by atoms with Crippen molar-refractivity contribution in [3.8, 4) is 12.3 Å². The first-order chi connectivity index (χ1) is 10.7. The lowest BCUT2D eigenvalue weighted by Crippen LogP contribution is -2.26. The summed E-state index contributed by atoms with van der Waals surface area (Å²) in [6.07, 6.45) is 16.0. The minimum atomic E-state index is 0.283. The zero-order valence-electron chi connectivity index (χ0n) is 15.2. The third-order valence-electron chi connectivity index (χ3n) is 5.04. The molecule has 1 aromatic heterocycles. The number of rotatable bonds is 1. The minimum Gasteiger partial charge on any atom is -0.381 e. The van der Waals surface area contributed by atoms with Gasteiger partial charge in [0, 0.05) is 5.92 Å². The third-order valence-corrected chi connectivity index (χ3v) is 5.04. The summed E-state index contributed by atoms with van der Waals surface area (Å²) in [5.74, 6) is 3.33. The number of hydrogen-bond acceptors (Lipinski definition) is 3. The zero-order valence-corrected chi connectivity index (χ0v) is 15.2. The van der Waals surface area contributed by atoms with Gasteiger partial charge in [-0.1, -0.05) is 47.0 Å². The third kappa shape index (κ3) is 4.96. The molecular weight excluding hydrogens is 282 g/mol. The molecule has 0 spiro atoms. The molecular formula is C20H31N3. The van der Waals surface area contributed by atoms with E-state index >= 15 is 0 Å². The second-order valence-electron chi connectivity index (χ2n) is 8.68. The van der Waals surface area contributed by atoms with Gasteiger partial charge in [0.25, 0.3) is 0 Å². The van der Waals surface area contributed by atoms with Crippen LogP contribution >= 0.6 is 0 Å². The Kier molecular flexibility index (Phi) is 5.34. The Morgan fingerprint density at radius 2 is 1.91 bits per heavy atom. The van der Waals surface area contributed by atoms with E-state index < -0.39 is 0 Å². The Morgan fingerprint density at radius 1 is 1.17 bits per heavy atom. The number of nitrogens with two attached hydrogens (primary N) is 1. The summed E-state index contributed by atoms with van der Waals surface area (Å²) >= 11 is 0. The highest BCUT2D eigenvalue weighted by atomic mass is 14.9. The number of anilines is 1. The number of terminal acetylenes is 1. The van der Waals surface area contributed by atoms with Crippen molar-refractivity contribution in [3.63, 3.8) is 0 Å². The molecule has 0 amide bonds. The van der Waals surface area contributed by atoms with E-state index in [2.05, 4.69) is 43.6 Å². The number of aromatic nitrogens is 2. The van der Waals surface area contributed by atoms with E-state index in [1.165, 1.54) is 32.1 Å². The van der Waals surface area contributed by atoms with Gasteiger partial charge in [0.05, 0.1) is 11.9 Å². The topological polar surface area (TPSA) is 51.8 Å². The molecule has 0 saturated heterocycles. The van der Waals surface area contributed by atoms with Crippen LogP contribution in [0.5, 0.6) is 0 Å². The van der Waals surface area contributed by atoms with Gasteiger partial charge in [-0.15, -0.1) is 6.42 Å². The summed E-state index contributed by atoms with van der Waals surface area (Å²) in [6.45, 7) is 9.59. The molecule has 1 heterocycles. The molecule has 1 saturated carbocycles. The molecule has 3 nitrogen and oxygen atoms in total. The maximum absolute atomic E-state index is 5.80. The maximum atomic E-state index is 5.80. The van der Waals surface area contributed by atoms with Crippen LogP contribution in [0.25, 0.3) is 0 Å². The van der Waals surface area contributed by atoms with Gasteiger partial charge in [0.2, 0.25) is 0 Å². The van der Waals surface area contributed by atoms with Crippen molar-refractivity contribution in [2.45, 2.75) is 78.6 Å².